The van der Waals surface area contributed by atoms with Crippen molar-refractivity contribution in [2.45, 2.75) is 45.8 Å². The number of fused-ring (bicyclic) bond motifs is 2. The summed E-state index contributed by atoms with van der Waals surface area (Å²) in [5.41, 5.74) is 0.414. The Bertz CT molecular complexity index is 392. The molecule has 128 valence electrons. The summed E-state index contributed by atoms with van der Waals surface area (Å²) < 4.78 is 12.6. The summed E-state index contributed by atoms with van der Waals surface area (Å²) in [6, 6.07) is 0. The highest BCUT2D eigenvalue weighted by Gasteiger charge is 2.57. The third kappa shape index (κ3) is 2.95. The van der Waals surface area contributed by atoms with E-state index in [-0.39, 0.29) is 6.10 Å². The van der Waals surface area contributed by atoms with Gasteiger partial charge in [-0.3, -0.25) is 0 Å². The third-order valence-electron chi connectivity index (χ3n) is 6.93. The van der Waals surface area contributed by atoms with Crippen molar-refractivity contribution in [2.75, 3.05) is 46.5 Å². The first-order valence-electron chi connectivity index (χ1n) is 9.04. The van der Waals surface area contributed by atoms with E-state index < -0.39 is 0 Å². The predicted molar refractivity (Wildman–Crippen MR) is 86.5 cm³/mol. The molecule has 3 fully saturated rings. The van der Waals surface area contributed by atoms with Crippen molar-refractivity contribution in [1.82, 2.24) is 0 Å². The van der Waals surface area contributed by atoms with Gasteiger partial charge in [-0.25, -0.2) is 0 Å². The predicted octanol–water partition coefficient (Wildman–Crippen LogP) is 1.91. The summed E-state index contributed by atoms with van der Waals surface area (Å²) in [5.74, 6) is 2.10. The maximum Gasteiger partial charge on any atom is 0.126 e. The molecule has 3 aliphatic rings. The molecule has 3 rings (SSSR count). The topological polar surface area (TPSA) is 38.7 Å². The van der Waals surface area contributed by atoms with Crippen LogP contribution in [0.4, 0.5) is 0 Å². The maximum absolute atomic E-state index is 10.4. The molecule has 4 nitrogen and oxygen atoms in total. The van der Waals surface area contributed by atoms with E-state index in [1.807, 2.05) is 0 Å². The van der Waals surface area contributed by atoms with E-state index in [0.717, 1.165) is 43.2 Å². The lowest BCUT2D eigenvalue weighted by Gasteiger charge is -2.39. The average molecular weight is 312 g/mol. The van der Waals surface area contributed by atoms with Crippen molar-refractivity contribution < 1.29 is 19.1 Å². The van der Waals surface area contributed by atoms with Crippen LogP contribution in [0, 0.1) is 23.2 Å². The third-order valence-corrected chi connectivity index (χ3v) is 6.93. The van der Waals surface area contributed by atoms with Gasteiger partial charge in [0.15, 0.2) is 0 Å². The van der Waals surface area contributed by atoms with Crippen LogP contribution in [0.15, 0.2) is 0 Å². The molecule has 0 aromatic heterocycles. The lowest BCUT2D eigenvalue weighted by Crippen LogP contribution is -2.56. The first-order chi connectivity index (χ1) is 10.3. The Morgan fingerprint density at radius 2 is 1.86 bits per heavy atom. The Morgan fingerprint density at radius 1 is 1.23 bits per heavy atom. The highest BCUT2D eigenvalue weighted by Crippen LogP contribution is 2.60. The van der Waals surface area contributed by atoms with Crippen molar-refractivity contribution in [3.05, 3.63) is 0 Å². The Hall–Kier alpha value is -0.160. The van der Waals surface area contributed by atoms with Gasteiger partial charge in [0.25, 0.3) is 0 Å². The normalized spacial score (nSPS) is 40.8. The Kier molecular flexibility index (Phi) is 4.59. The van der Waals surface area contributed by atoms with Crippen LogP contribution >= 0.6 is 0 Å². The van der Waals surface area contributed by atoms with E-state index in [4.69, 9.17) is 9.47 Å². The van der Waals surface area contributed by atoms with Gasteiger partial charge in [0, 0.05) is 0 Å². The molecule has 0 amide bonds. The molecule has 0 radical (unpaired) electrons. The minimum Gasteiger partial charge on any atom is -0.385 e. The molecular formula is C18H34NO3+. The van der Waals surface area contributed by atoms with Crippen LogP contribution in [-0.4, -0.2) is 68.3 Å². The van der Waals surface area contributed by atoms with Crippen LogP contribution in [0.25, 0.3) is 0 Å². The molecule has 0 aromatic carbocycles. The van der Waals surface area contributed by atoms with E-state index in [9.17, 15) is 5.11 Å². The van der Waals surface area contributed by atoms with Crippen molar-refractivity contribution in [3.8, 4) is 0 Å². The van der Waals surface area contributed by atoms with E-state index in [2.05, 4.69) is 27.8 Å². The quantitative estimate of drug-likeness (QED) is 0.788. The number of morpholine rings is 1. The second-order valence-corrected chi connectivity index (χ2v) is 8.78. The van der Waals surface area contributed by atoms with Gasteiger partial charge in [0.05, 0.1) is 33.0 Å². The zero-order valence-corrected chi connectivity index (χ0v) is 14.8. The maximum atomic E-state index is 10.4. The second kappa shape index (κ2) is 6.04. The molecule has 0 unspecified atom stereocenters. The van der Waals surface area contributed by atoms with E-state index in [1.165, 1.54) is 12.8 Å². The first kappa shape index (κ1) is 16.7. The summed E-state index contributed by atoms with van der Waals surface area (Å²) in [4.78, 5) is 0. The molecule has 2 bridgehead atoms. The highest BCUT2D eigenvalue weighted by atomic mass is 16.5. The molecule has 0 spiro atoms. The van der Waals surface area contributed by atoms with Gasteiger partial charge in [-0.05, 0) is 36.0 Å². The zero-order valence-electron chi connectivity index (χ0n) is 14.8. The van der Waals surface area contributed by atoms with Crippen LogP contribution in [0.2, 0.25) is 0 Å². The van der Waals surface area contributed by atoms with Gasteiger partial charge < -0.3 is 19.1 Å². The molecule has 1 aliphatic heterocycles. The van der Waals surface area contributed by atoms with Crippen molar-refractivity contribution >= 4 is 0 Å². The summed E-state index contributed by atoms with van der Waals surface area (Å²) in [6.07, 6.45) is 2.64. The van der Waals surface area contributed by atoms with Crippen LogP contribution in [-0.2, 0) is 9.47 Å². The monoisotopic (exact) mass is 312 g/mol. The summed E-state index contributed by atoms with van der Waals surface area (Å²) in [6.45, 7) is 12.0. The molecule has 2 aliphatic carbocycles. The fraction of sp³-hybridized carbons (Fsp3) is 1.00. The largest absolute Gasteiger partial charge is 0.385 e. The van der Waals surface area contributed by atoms with E-state index in [1.54, 1.807) is 0 Å². The average Bonchev–Trinajstić information content (AvgIpc) is 2.83. The second-order valence-electron chi connectivity index (χ2n) is 8.78. The fourth-order valence-electron chi connectivity index (χ4n) is 5.52. The van der Waals surface area contributed by atoms with Crippen LogP contribution in [0.3, 0.4) is 0 Å². The minimum absolute atomic E-state index is 0.346. The molecular weight excluding hydrogens is 278 g/mol. The summed E-state index contributed by atoms with van der Waals surface area (Å²) in [5, 5.41) is 10.4. The number of likely N-dealkylation sites (N-methyl/N-ethyl adjacent to an activating group) is 1. The number of ether oxygens (including phenoxy) is 2. The molecule has 0 aromatic rings. The molecule has 1 saturated heterocycles. The van der Waals surface area contributed by atoms with Crippen molar-refractivity contribution in [2.24, 2.45) is 23.2 Å². The number of rotatable bonds is 5. The van der Waals surface area contributed by atoms with Crippen LogP contribution in [0.1, 0.15) is 33.6 Å². The summed E-state index contributed by atoms with van der Waals surface area (Å²) >= 11 is 0. The standard InChI is InChI=1S/C18H34NO3/c1-13-15-5-6-16(18(15,2)3)17(13)22-12-14(20)11-19(4)7-9-21-10-8-19/h13-17,20H,5-12H2,1-4H3/q+1/t13-,14+,15-,16+,17-/m1/s1. The Labute approximate surface area is 135 Å². The van der Waals surface area contributed by atoms with Gasteiger partial charge >= 0.3 is 0 Å². The SMILES string of the molecule is C[C@H]1[C@@H](OC[C@@H](O)C[N+]2(C)CCOCC2)[C@@H]2CC[C@H]1C2(C)C. The van der Waals surface area contributed by atoms with Crippen molar-refractivity contribution in [1.29, 1.82) is 0 Å². The number of hydrogen-bond acceptors (Lipinski definition) is 3. The molecule has 1 N–H and O–H groups in total. The minimum atomic E-state index is -0.363. The fourth-order valence-corrected chi connectivity index (χ4v) is 5.52. The molecule has 4 heteroatoms. The number of aliphatic hydroxyl groups is 1. The molecule has 2 saturated carbocycles. The molecule has 5 atom stereocenters. The van der Waals surface area contributed by atoms with Crippen LogP contribution < -0.4 is 0 Å². The van der Waals surface area contributed by atoms with Gasteiger partial charge in [-0.1, -0.05) is 20.8 Å². The smallest absolute Gasteiger partial charge is 0.126 e. The first-order valence-corrected chi connectivity index (χ1v) is 9.04. The van der Waals surface area contributed by atoms with E-state index >= 15 is 0 Å². The van der Waals surface area contributed by atoms with Gasteiger partial charge in [-0.2, -0.15) is 0 Å². The summed E-state index contributed by atoms with van der Waals surface area (Å²) in [7, 11) is 2.22. The lowest BCUT2D eigenvalue weighted by molar-refractivity contribution is -0.919. The Balaban J connectivity index is 1.50. The molecule has 1 heterocycles. The number of hydrogen-bond donors (Lipinski definition) is 1. The number of quaternary nitrogens is 1. The molecule has 22 heavy (non-hydrogen) atoms. The number of aliphatic hydroxyl groups excluding tert-OH is 1. The lowest BCUT2D eigenvalue weighted by atomic mass is 9.80. The highest BCUT2D eigenvalue weighted by molar-refractivity contribution is 5.06. The number of nitrogens with zero attached hydrogens (tertiary/aromatic N) is 1. The van der Waals surface area contributed by atoms with Crippen molar-refractivity contribution in [3.63, 3.8) is 0 Å². The Morgan fingerprint density at radius 3 is 2.45 bits per heavy atom. The van der Waals surface area contributed by atoms with Crippen LogP contribution in [0.5, 0.6) is 0 Å². The van der Waals surface area contributed by atoms with Gasteiger partial charge in [0.2, 0.25) is 0 Å². The van der Waals surface area contributed by atoms with E-state index in [0.29, 0.717) is 30.0 Å². The zero-order chi connectivity index (χ0) is 16.0. The van der Waals surface area contributed by atoms with Gasteiger partial charge in [-0.15, -0.1) is 0 Å². The van der Waals surface area contributed by atoms with Gasteiger partial charge in [0.1, 0.15) is 25.7 Å².